The lowest BCUT2D eigenvalue weighted by molar-refractivity contribution is -0.380. The van der Waals surface area contributed by atoms with Gasteiger partial charge in [-0.1, -0.05) is 17.4 Å². The van der Waals surface area contributed by atoms with Gasteiger partial charge in [-0.3, -0.25) is 14.9 Å². The Morgan fingerprint density at radius 1 is 1.39 bits per heavy atom. The number of nitrogens with one attached hydrogen (secondary N) is 1. The molecule has 11 heteroatoms. The van der Waals surface area contributed by atoms with E-state index >= 15 is 0 Å². The molecule has 0 atom stereocenters. The van der Waals surface area contributed by atoms with Gasteiger partial charge in [0.1, 0.15) is 10.8 Å². The summed E-state index contributed by atoms with van der Waals surface area (Å²) < 4.78 is 31.0. The van der Waals surface area contributed by atoms with Gasteiger partial charge in [0.15, 0.2) is 0 Å². The molecule has 0 bridgehead atoms. The van der Waals surface area contributed by atoms with E-state index in [0.29, 0.717) is 5.56 Å². The summed E-state index contributed by atoms with van der Waals surface area (Å²) in [5.74, 6) is -0.590. The number of carbonyl (C=O) groups is 1. The number of nitro groups is 1. The van der Waals surface area contributed by atoms with Crippen molar-refractivity contribution in [2.45, 2.75) is 17.2 Å². The molecule has 23 heavy (non-hydrogen) atoms. The highest BCUT2D eigenvalue weighted by molar-refractivity contribution is 7.91. The van der Waals surface area contributed by atoms with Crippen LogP contribution in [0.1, 0.15) is 12.0 Å². The van der Waals surface area contributed by atoms with Crippen molar-refractivity contribution in [2.75, 3.05) is 6.54 Å². The maximum Gasteiger partial charge on any atom is 0.324 e. The molecule has 0 fully saturated rings. The van der Waals surface area contributed by atoms with Crippen LogP contribution in [0.5, 0.6) is 0 Å². The van der Waals surface area contributed by atoms with Crippen LogP contribution in [-0.4, -0.2) is 25.9 Å². The molecule has 0 aliphatic heterocycles. The summed E-state index contributed by atoms with van der Waals surface area (Å²) in [6, 6.07) is 4.42. The SMILES string of the molecule is O=C(CCNS(=O)(=O)c1cccs1)OCc1csc([N+](=O)[O-])c1. The first-order valence-corrected chi connectivity index (χ1v) is 9.53. The molecule has 124 valence electrons. The summed E-state index contributed by atoms with van der Waals surface area (Å²) in [6.07, 6.45) is -0.128. The van der Waals surface area contributed by atoms with Crippen LogP contribution >= 0.6 is 22.7 Å². The lowest BCUT2D eigenvalue weighted by atomic mass is 10.3. The van der Waals surface area contributed by atoms with E-state index in [-0.39, 0.29) is 28.8 Å². The van der Waals surface area contributed by atoms with Crippen LogP contribution in [-0.2, 0) is 26.2 Å². The van der Waals surface area contributed by atoms with Crippen molar-refractivity contribution >= 4 is 43.7 Å². The van der Waals surface area contributed by atoms with E-state index in [1.54, 1.807) is 11.4 Å². The summed E-state index contributed by atoms with van der Waals surface area (Å²) in [7, 11) is -3.60. The summed E-state index contributed by atoms with van der Waals surface area (Å²) in [5, 5.41) is 13.7. The molecule has 2 aromatic heterocycles. The minimum absolute atomic E-state index is 0.0280. The lowest BCUT2D eigenvalue weighted by Crippen LogP contribution is -2.26. The number of rotatable bonds is 8. The molecular weight excluding hydrogens is 364 g/mol. The van der Waals surface area contributed by atoms with E-state index in [0.717, 1.165) is 22.7 Å². The van der Waals surface area contributed by atoms with E-state index in [1.807, 2.05) is 0 Å². The van der Waals surface area contributed by atoms with Gasteiger partial charge in [-0.2, -0.15) is 0 Å². The van der Waals surface area contributed by atoms with Crippen molar-refractivity contribution in [1.82, 2.24) is 4.72 Å². The van der Waals surface area contributed by atoms with Crippen molar-refractivity contribution < 1.29 is 22.9 Å². The minimum atomic E-state index is -3.60. The molecule has 8 nitrogen and oxygen atoms in total. The molecule has 2 aromatic rings. The molecule has 2 rings (SSSR count). The topological polar surface area (TPSA) is 116 Å². The summed E-state index contributed by atoms with van der Waals surface area (Å²) in [6.45, 7) is -0.163. The van der Waals surface area contributed by atoms with Gasteiger partial charge in [0.2, 0.25) is 10.0 Å². The maximum atomic E-state index is 11.8. The predicted octanol–water partition coefficient (Wildman–Crippen LogP) is 2.13. The molecular formula is C12H12N2O6S3. The fourth-order valence-electron chi connectivity index (χ4n) is 1.55. The highest BCUT2D eigenvalue weighted by Crippen LogP contribution is 2.23. The van der Waals surface area contributed by atoms with E-state index in [1.165, 1.54) is 17.5 Å². The van der Waals surface area contributed by atoms with Crippen LogP contribution in [0, 0.1) is 10.1 Å². The Morgan fingerprint density at radius 2 is 2.17 bits per heavy atom. The number of sulfonamides is 1. The summed E-state index contributed by atoms with van der Waals surface area (Å²) >= 11 is 2.03. The van der Waals surface area contributed by atoms with E-state index in [4.69, 9.17) is 4.74 Å². The fraction of sp³-hybridized carbons (Fsp3) is 0.250. The van der Waals surface area contributed by atoms with Gasteiger partial charge in [-0.15, -0.1) is 11.3 Å². The van der Waals surface area contributed by atoms with Gasteiger partial charge < -0.3 is 4.74 Å². The second kappa shape index (κ2) is 7.64. The fourth-order valence-corrected chi connectivity index (χ4v) is 4.33. The van der Waals surface area contributed by atoms with Gasteiger partial charge in [0, 0.05) is 23.6 Å². The standard InChI is InChI=1S/C12H12N2O6S3/c15-11(20-7-9-6-10(14(16)17)22-8-9)3-4-13-23(18,19)12-2-1-5-21-12/h1-2,5-6,8,13H,3-4,7H2. The van der Waals surface area contributed by atoms with Crippen molar-refractivity contribution in [3.8, 4) is 0 Å². The third-order valence-electron chi connectivity index (χ3n) is 2.60. The summed E-state index contributed by atoms with van der Waals surface area (Å²) in [4.78, 5) is 21.6. The first-order chi connectivity index (χ1) is 10.9. The highest BCUT2D eigenvalue weighted by Gasteiger charge is 2.16. The largest absolute Gasteiger partial charge is 0.461 e. The lowest BCUT2D eigenvalue weighted by Gasteiger charge is -2.05. The molecule has 2 heterocycles. The van der Waals surface area contributed by atoms with Gasteiger partial charge >= 0.3 is 11.0 Å². The zero-order valence-corrected chi connectivity index (χ0v) is 14.1. The molecule has 0 aliphatic carbocycles. The first kappa shape index (κ1) is 17.5. The first-order valence-electron chi connectivity index (χ1n) is 6.29. The Balaban J connectivity index is 1.74. The average molecular weight is 376 g/mol. The molecule has 0 unspecified atom stereocenters. The smallest absolute Gasteiger partial charge is 0.324 e. The van der Waals surface area contributed by atoms with Gasteiger partial charge in [-0.25, -0.2) is 13.1 Å². The van der Waals surface area contributed by atoms with Crippen molar-refractivity contribution in [3.05, 3.63) is 44.6 Å². The van der Waals surface area contributed by atoms with Gasteiger partial charge in [-0.05, 0) is 11.4 Å². The van der Waals surface area contributed by atoms with E-state index in [2.05, 4.69) is 4.72 Å². The second-order valence-corrected chi connectivity index (χ2v) is 8.12. The molecule has 0 spiro atoms. The quantitative estimate of drug-likeness (QED) is 0.429. The number of carbonyl (C=O) groups excluding carboxylic acids is 1. The van der Waals surface area contributed by atoms with Crippen LogP contribution in [0.4, 0.5) is 5.00 Å². The number of nitrogens with zero attached hydrogens (tertiary/aromatic N) is 1. The molecule has 1 N–H and O–H groups in total. The van der Waals surface area contributed by atoms with Gasteiger partial charge in [0.25, 0.3) is 0 Å². The monoisotopic (exact) mass is 376 g/mol. The van der Waals surface area contributed by atoms with Gasteiger partial charge in [0.05, 0.1) is 11.3 Å². The van der Waals surface area contributed by atoms with E-state index < -0.39 is 20.9 Å². The number of ether oxygens (including phenoxy) is 1. The normalized spacial score (nSPS) is 11.3. The third kappa shape index (κ3) is 5.10. The zero-order valence-electron chi connectivity index (χ0n) is 11.6. The molecule has 0 saturated carbocycles. The van der Waals surface area contributed by atoms with Crippen LogP contribution < -0.4 is 4.72 Å². The Morgan fingerprint density at radius 3 is 2.78 bits per heavy atom. The number of hydrogen-bond donors (Lipinski definition) is 1. The van der Waals surface area contributed by atoms with Crippen LogP contribution in [0.2, 0.25) is 0 Å². The maximum absolute atomic E-state index is 11.8. The highest BCUT2D eigenvalue weighted by atomic mass is 32.2. The third-order valence-corrected chi connectivity index (χ3v) is 6.39. The number of thiophene rings is 2. The number of esters is 1. The summed E-state index contributed by atoms with van der Waals surface area (Å²) in [5.41, 5.74) is 0.522. The Labute approximate surface area is 139 Å². The molecule has 0 radical (unpaired) electrons. The predicted molar refractivity (Wildman–Crippen MR) is 84.9 cm³/mol. The molecule has 0 amide bonds. The van der Waals surface area contributed by atoms with E-state index in [9.17, 15) is 23.3 Å². The molecule has 0 saturated heterocycles. The Bertz CT molecular complexity index is 782. The van der Waals surface area contributed by atoms with Crippen LogP contribution in [0.25, 0.3) is 0 Å². The molecule has 0 aromatic carbocycles. The Kier molecular flexibility index (Phi) is 5.82. The number of hydrogen-bond acceptors (Lipinski definition) is 8. The average Bonchev–Trinajstić information content (AvgIpc) is 3.16. The Hall–Kier alpha value is -1.82. The van der Waals surface area contributed by atoms with Crippen LogP contribution in [0.3, 0.4) is 0 Å². The molecule has 0 aliphatic rings. The van der Waals surface area contributed by atoms with Crippen molar-refractivity contribution in [1.29, 1.82) is 0 Å². The zero-order chi connectivity index (χ0) is 16.9. The van der Waals surface area contributed by atoms with Crippen molar-refractivity contribution in [3.63, 3.8) is 0 Å². The minimum Gasteiger partial charge on any atom is -0.461 e. The van der Waals surface area contributed by atoms with Crippen molar-refractivity contribution in [2.24, 2.45) is 0 Å². The second-order valence-electron chi connectivity index (χ2n) is 4.29. The van der Waals surface area contributed by atoms with Crippen LogP contribution in [0.15, 0.2) is 33.2 Å².